The molecule has 2 N–H and O–H groups in total. The molecule has 2 aromatic rings. The Hall–Kier alpha value is -2.59. The number of anilines is 1. The molecule has 1 heterocycles. The predicted molar refractivity (Wildman–Crippen MR) is 94.2 cm³/mol. The molecule has 0 radical (unpaired) electrons. The highest BCUT2D eigenvalue weighted by molar-refractivity contribution is 6.31. The number of nitrogen functional groups attached to an aromatic ring is 1. The summed E-state index contributed by atoms with van der Waals surface area (Å²) in [6.07, 6.45) is 2.62. The second kappa shape index (κ2) is 5.89. The quantitative estimate of drug-likeness (QED) is 0.674. The van der Waals surface area contributed by atoms with Gasteiger partial charge in [0.05, 0.1) is 5.71 Å². The molecule has 116 valence electrons. The predicted octanol–water partition coefficient (Wildman–Crippen LogP) is 3.82. The third-order valence-corrected chi connectivity index (χ3v) is 4.08. The van der Waals surface area contributed by atoms with Crippen LogP contribution in [-0.2, 0) is 4.79 Å². The zero-order chi connectivity index (χ0) is 16.6. The highest BCUT2D eigenvalue weighted by atomic mass is 35.5. The topological polar surface area (TPSA) is 58.7 Å². The van der Waals surface area contributed by atoms with Gasteiger partial charge in [-0.05, 0) is 55.3 Å². The number of rotatable bonds is 2. The van der Waals surface area contributed by atoms with Gasteiger partial charge in [0.1, 0.15) is 0 Å². The van der Waals surface area contributed by atoms with E-state index in [0.717, 1.165) is 33.6 Å². The van der Waals surface area contributed by atoms with Crippen LogP contribution in [-0.4, -0.2) is 17.1 Å². The molecule has 0 fully saturated rings. The standard InChI is InChI=1S/C18H16ClN3O/c1-11-7-14(4-6-17(11)20)18-16-9-15(19)5-3-13(16)8-12(2)22(10-23)21-18/h3-10H,20H2,1-2H3. The zero-order valence-electron chi connectivity index (χ0n) is 12.9. The number of hydrazone groups is 1. The minimum atomic E-state index is 0.620. The smallest absolute Gasteiger partial charge is 0.234 e. The monoisotopic (exact) mass is 325 g/mol. The minimum absolute atomic E-state index is 0.620. The number of allylic oxidation sites excluding steroid dienone is 1. The first-order chi connectivity index (χ1) is 11.0. The van der Waals surface area contributed by atoms with Crippen LogP contribution >= 0.6 is 11.6 Å². The lowest BCUT2D eigenvalue weighted by Gasteiger charge is -2.13. The Balaban J connectivity index is 2.27. The Labute approximate surface area is 139 Å². The van der Waals surface area contributed by atoms with Crippen molar-refractivity contribution in [2.45, 2.75) is 13.8 Å². The Morgan fingerprint density at radius 3 is 2.65 bits per heavy atom. The number of halogens is 1. The number of fused-ring (bicyclic) bond motifs is 1. The summed E-state index contributed by atoms with van der Waals surface area (Å²) < 4.78 is 0. The summed E-state index contributed by atoms with van der Waals surface area (Å²) in [5.41, 5.74) is 11.7. The molecule has 0 aromatic heterocycles. The lowest BCUT2D eigenvalue weighted by Crippen LogP contribution is -2.15. The number of carbonyl (C=O) groups excluding carboxylic acids is 1. The van der Waals surface area contributed by atoms with Crippen molar-refractivity contribution in [3.63, 3.8) is 0 Å². The first-order valence-corrected chi connectivity index (χ1v) is 7.55. The normalized spacial score (nSPS) is 13.8. The van der Waals surface area contributed by atoms with Crippen molar-refractivity contribution in [3.05, 3.63) is 69.4 Å². The second-order valence-corrected chi connectivity index (χ2v) is 5.92. The molecule has 0 saturated carbocycles. The fourth-order valence-electron chi connectivity index (χ4n) is 2.53. The molecule has 0 unspecified atom stereocenters. The van der Waals surface area contributed by atoms with E-state index in [-0.39, 0.29) is 0 Å². The molecule has 1 amide bonds. The van der Waals surface area contributed by atoms with E-state index in [9.17, 15) is 4.79 Å². The van der Waals surface area contributed by atoms with Crippen LogP contribution in [0.2, 0.25) is 5.02 Å². The Morgan fingerprint density at radius 2 is 1.96 bits per heavy atom. The molecule has 1 aliphatic heterocycles. The van der Waals surface area contributed by atoms with Gasteiger partial charge in [-0.2, -0.15) is 5.10 Å². The first-order valence-electron chi connectivity index (χ1n) is 7.17. The van der Waals surface area contributed by atoms with E-state index in [0.29, 0.717) is 17.1 Å². The van der Waals surface area contributed by atoms with Crippen LogP contribution in [0.25, 0.3) is 6.08 Å². The van der Waals surface area contributed by atoms with Gasteiger partial charge in [0.25, 0.3) is 0 Å². The summed E-state index contributed by atoms with van der Waals surface area (Å²) in [6, 6.07) is 11.3. The van der Waals surface area contributed by atoms with Gasteiger partial charge in [0.15, 0.2) is 0 Å². The molecule has 0 atom stereocenters. The molecule has 1 aliphatic rings. The SMILES string of the molecule is CC1=Cc2ccc(Cl)cc2C(c2ccc(N)c(C)c2)=NN1C=O. The highest BCUT2D eigenvalue weighted by Crippen LogP contribution is 2.27. The average Bonchev–Trinajstić information content (AvgIpc) is 2.66. The van der Waals surface area contributed by atoms with Crippen molar-refractivity contribution in [1.29, 1.82) is 0 Å². The molecule has 0 spiro atoms. The number of hydrogen-bond donors (Lipinski definition) is 1. The van der Waals surface area contributed by atoms with E-state index in [1.807, 2.05) is 56.3 Å². The minimum Gasteiger partial charge on any atom is -0.399 e. The van der Waals surface area contributed by atoms with Crippen LogP contribution in [0.3, 0.4) is 0 Å². The largest absolute Gasteiger partial charge is 0.399 e. The summed E-state index contributed by atoms with van der Waals surface area (Å²) in [5.74, 6) is 0. The number of benzene rings is 2. The summed E-state index contributed by atoms with van der Waals surface area (Å²) in [4.78, 5) is 11.4. The van der Waals surface area contributed by atoms with Crippen LogP contribution in [0.15, 0.2) is 47.2 Å². The van der Waals surface area contributed by atoms with E-state index in [4.69, 9.17) is 17.3 Å². The number of aryl methyl sites for hydroxylation is 1. The third-order valence-electron chi connectivity index (χ3n) is 3.85. The Kier molecular flexibility index (Phi) is 3.92. The lowest BCUT2D eigenvalue weighted by molar-refractivity contribution is -0.116. The van der Waals surface area contributed by atoms with E-state index >= 15 is 0 Å². The zero-order valence-corrected chi connectivity index (χ0v) is 13.6. The molecular formula is C18H16ClN3O. The maximum absolute atomic E-state index is 11.4. The molecule has 0 saturated heterocycles. The van der Waals surface area contributed by atoms with Gasteiger partial charge in [-0.25, -0.2) is 5.01 Å². The van der Waals surface area contributed by atoms with Gasteiger partial charge in [-0.15, -0.1) is 0 Å². The maximum Gasteiger partial charge on any atom is 0.234 e. The van der Waals surface area contributed by atoms with Crippen LogP contribution < -0.4 is 5.73 Å². The van der Waals surface area contributed by atoms with Crippen molar-refractivity contribution >= 4 is 35.5 Å². The number of carbonyl (C=O) groups is 1. The van der Waals surface area contributed by atoms with Crippen LogP contribution in [0, 0.1) is 6.92 Å². The van der Waals surface area contributed by atoms with Gasteiger partial charge in [-0.1, -0.05) is 23.7 Å². The summed E-state index contributed by atoms with van der Waals surface area (Å²) in [6.45, 7) is 3.78. The highest BCUT2D eigenvalue weighted by Gasteiger charge is 2.18. The Morgan fingerprint density at radius 1 is 1.17 bits per heavy atom. The lowest BCUT2D eigenvalue weighted by atomic mass is 9.96. The molecule has 23 heavy (non-hydrogen) atoms. The van der Waals surface area contributed by atoms with Gasteiger partial charge in [0, 0.05) is 27.5 Å². The van der Waals surface area contributed by atoms with Gasteiger partial charge < -0.3 is 5.73 Å². The van der Waals surface area contributed by atoms with Gasteiger partial charge >= 0.3 is 0 Å². The Bertz CT molecular complexity index is 855. The first kappa shape index (κ1) is 15.3. The number of amides is 1. The van der Waals surface area contributed by atoms with E-state index in [1.165, 1.54) is 5.01 Å². The maximum atomic E-state index is 11.4. The summed E-state index contributed by atoms with van der Waals surface area (Å²) in [5, 5.41) is 6.46. The fraction of sp³-hybridized carbons (Fsp3) is 0.111. The van der Waals surface area contributed by atoms with Crippen molar-refractivity contribution < 1.29 is 4.79 Å². The summed E-state index contributed by atoms with van der Waals surface area (Å²) in [7, 11) is 0. The van der Waals surface area contributed by atoms with Gasteiger partial charge in [-0.3, -0.25) is 4.79 Å². The van der Waals surface area contributed by atoms with Crippen LogP contribution in [0.4, 0.5) is 5.69 Å². The van der Waals surface area contributed by atoms with Crippen molar-refractivity contribution in [3.8, 4) is 0 Å². The fourth-order valence-corrected chi connectivity index (χ4v) is 2.71. The van der Waals surface area contributed by atoms with Crippen LogP contribution in [0.5, 0.6) is 0 Å². The molecule has 3 rings (SSSR count). The summed E-state index contributed by atoms with van der Waals surface area (Å²) >= 11 is 6.17. The third kappa shape index (κ3) is 2.85. The van der Waals surface area contributed by atoms with Gasteiger partial charge in [0.2, 0.25) is 6.41 Å². The second-order valence-electron chi connectivity index (χ2n) is 5.49. The number of nitrogens with zero attached hydrogens (tertiary/aromatic N) is 2. The van der Waals surface area contributed by atoms with Crippen LogP contribution in [0.1, 0.15) is 29.2 Å². The molecule has 5 heteroatoms. The van der Waals surface area contributed by atoms with E-state index < -0.39 is 0 Å². The number of nitrogens with two attached hydrogens (primary N) is 1. The molecular weight excluding hydrogens is 310 g/mol. The van der Waals surface area contributed by atoms with E-state index in [1.54, 1.807) is 0 Å². The van der Waals surface area contributed by atoms with Crippen molar-refractivity contribution in [1.82, 2.24) is 5.01 Å². The van der Waals surface area contributed by atoms with Crippen molar-refractivity contribution in [2.75, 3.05) is 5.73 Å². The molecule has 0 aliphatic carbocycles. The molecule has 4 nitrogen and oxygen atoms in total. The molecule has 2 aromatic carbocycles. The molecule has 0 bridgehead atoms. The average molecular weight is 326 g/mol. The van der Waals surface area contributed by atoms with E-state index in [2.05, 4.69) is 5.10 Å². The van der Waals surface area contributed by atoms with Crippen molar-refractivity contribution in [2.24, 2.45) is 5.10 Å². The number of hydrogen-bond acceptors (Lipinski definition) is 3.